The molecule has 3 aromatic rings. The highest BCUT2D eigenvalue weighted by molar-refractivity contribution is 6.30. The summed E-state index contributed by atoms with van der Waals surface area (Å²) in [5, 5.41) is 6.43. The molecule has 176 valence electrons. The molecular weight excluding hydrogens is 476 g/mol. The van der Waals surface area contributed by atoms with Gasteiger partial charge in [0.2, 0.25) is 0 Å². The minimum absolute atomic E-state index is 0.0779. The summed E-state index contributed by atoms with van der Waals surface area (Å²) in [6.45, 7) is -1.74. The zero-order valence-electron chi connectivity index (χ0n) is 16.7. The quantitative estimate of drug-likeness (QED) is 0.441. The van der Waals surface area contributed by atoms with Gasteiger partial charge in [-0.1, -0.05) is 35.9 Å². The number of alkyl halides is 6. The van der Waals surface area contributed by atoms with Crippen molar-refractivity contribution in [3.63, 3.8) is 0 Å². The first-order valence-corrected chi connectivity index (χ1v) is 9.73. The summed E-state index contributed by atoms with van der Waals surface area (Å²) in [4.78, 5) is 12.5. The fourth-order valence-electron chi connectivity index (χ4n) is 2.88. The van der Waals surface area contributed by atoms with E-state index in [-0.39, 0.29) is 18.8 Å². The fraction of sp³-hybridized carbons (Fsp3) is 0.238. The van der Waals surface area contributed by atoms with Crippen LogP contribution in [0.15, 0.2) is 54.7 Å². The van der Waals surface area contributed by atoms with Crippen LogP contribution in [0.4, 0.5) is 26.3 Å². The van der Waals surface area contributed by atoms with Crippen molar-refractivity contribution in [1.82, 2.24) is 15.1 Å². The molecule has 0 saturated heterocycles. The molecule has 12 heteroatoms. The van der Waals surface area contributed by atoms with E-state index in [0.29, 0.717) is 20.8 Å². The van der Waals surface area contributed by atoms with Crippen LogP contribution in [-0.2, 0) is 24.1 Å². The van der Waals surface area contributed by atoms with Crippen molar-refractivity contribution in [2.75, 3.05) is 6.61 Å². The number of rotatable bonds is 7. The van der Waals surface area contributed by atoms with E-state index in [1.807, 2.05) is 0 Å². The van der Waals surface area contributed by atoms with Crippen LogP contribution in [0, 0.1) is 0 Å². The molecular formula is C21H16ClF6N3O2. The van der Waals surface area contributed by atoms with Crippen molar-refractivity contribution in [1.29, 1.82) is 0 Å². The maximum absolute atomic E-state index is 13.7. The Bertz CT molecular complexity index is 1090. The molecule has 3 rings (SSSR count). The second-order valence-electron chi connectivity index (χ2n) is 6.90. The second-order valence-corrected chi connectivity index (χ2v) is 7.34. The average Bonchev–Trinajstić information content (AvgIpc) is 3.18. The van der Waals surface area contributed by atoms with Crippen LogP contribution in [0.2, 0.25) is 5.02 Å². The molecule has 0 aliphatic rings. The van der Waals surface area contributed by atoms with E-state index in [0.717, 1.165) is 6.20 Å². The lowest BCUT2D eigenvalue weighted by Gasteiger charge is -2.13. The average molecular weight is 492 g/mol. The summed E-state index contributed by atoms with van der Waals surface area (Å²) >= 11 is 5.77. The molecule has 2 aromatic carbocycles. The lowest BCUT2D eigenvalue weighted by atomic mass is 10.1. The van der Waals surface area contributed by atoms with Crippen molar-refractivity contribution < 1.29 is 35.9 Å². The van der Waals surface area contributed by atoms with Gasteiger partial charge >= 0.3 is 12.4 Å². The monoisotopic (exact) mass is 491 g/mol. The normalized spacial score (nSPS) is 12.1. The SMILES string of the molecule is O=C(NCc1ccc(COCC(F)(F)F)cc1)c1cnn(-c2ccc(Cl)cc2)c1C(F)(F)F. The molecule has 0 unspecified atom stereocenters. The highest BCUT2D eigenvalue weighted by Crippen LogP contribution is 2.34. The third kappa shape index (κ3) is 6.72. The van der Waals surface area contributed by atoms with Gasteiger partial charge in [-0.2, -0.15) is 31.4 Å². The Morgan fingerprint density at radius 3 is 2.15 bits per heavy atom. The van der Waals surface area contributed by atoms with E-state index in [4.69, 9.17) is 11.6 Å². The third-order valence-electron chi connectivity index (χ3n) is 4.36. The zero-order chi connectivity index (χ0) is 24.2. The van der Waals surface area contributed by atoms with Gasteiger partial charge in [-0.05, 0) is 35.4 Å². The van der Waals surface area contributed by atoms with Gasteiger partial charge in [0.15, 0.2) is 5.69 Å². The predicted octanol–water partition coefficient (Wildman–Crippen LogP) is 5.55. The van der Waals surface area contributed by atoms with E-state index >= 15 is 0 Å². The predicted molar refractivity (Wildman–Crippen MR) is 107 cm³/mol. The van der Waals surface area contributed by atoms with E-state index in [9.17, 15) is 31.1 Å². The van der Waals surface area contributed by atoms with Crippen LogP contribution in [0.25, 0.3) is 5.69 Å². The third-order valence-corrected chi connectivity index (χ3v) is 4.62. The highest BCUT2D eigenvalue weighted by Gasteiger charge is 2.40. The fourth-order valence-corrected chi connectivity index (χ4v) is 3.01. The van der Waals surface area contributed by atoms with Gasteiger partial charge in [-0.3, -0.25) is 4.79 Å². The van der Waals surface area contributed by atoms with E-state index in [2.05, 4.69) is 15.2 Å². The van der Waals surface area contributed by atoms with Crippen molar-refractivity contribution >= 4 is 17.5 Å². The first kappa shape index (κ1) is 24.6. The van der Waals surface area contributed by atoms with Crippen LogP contribution < -0.4 is 5.32 Å². The number of ether oxygens (including phenoxy) is 1. The Balaban J connectivity index is 1.69. The molecule has 0 radical (unpaired) electrons. The molecule has 0 spiro atoms. The Hall–Kier alpha value is -3.05. The number of hydrogen-bond acceptors (Lipinski definition) is 3. The molecule has 1 amide bonds. The van der Waals surface area contributed by atoms with Crippen LogP contribution in [0.3, 0.4) is 0 Å². The Kier molecular flexibility index (Phi) is 7.33. The minimum atomic E-state index is -4.86. The van der Waals surface area contributed by atoms with Gasteiger partial charge in [-0.25, -0.2) is 4.68 Å². The number of carbonyl (C=O) groups is 1. The standard InChI is InChI=1S/C21H16ClF6N3O2/c22-15-5-7-16(8-6-15)31-18(21(26,27)28)17(10-30-31)19(32)29-9-13-1-3-14(4-2-13)11-33-12-20(23,24)25/h1-8,10H,9,11-12H2,(H,29,32). The van der Waals surface area contributed by atoms with E-state index < -0.39 is 36.1 Å². The first-order chi connectivity index (χ1) is 15.4. The molecule has 5 nitrogen and oxygen atoms in total. The number of nitrogens with one attached hydrogen (secondary N) is 1. The number of hydrogen-bond donors (Lipinski definition) is 1. The number of amides is 1. The highest BCUT2D eigenvalue weighted by atomic mass is 35.5. The largest absolute Gasteiger partial charge is 0.434 e. The minimum Gasteiger partial charge on any atom is -0.367 e. The smallest absolute Gasteiger partial charge is 0.367 e. The maximum atomic E-state index is 13.7. The van der Waals surface area contributed by atoms with E-state index in [1.54, 1.807) is 0 Å². The molecule has 1 heterocycles. The summed E-state index contributed by atoms with van der Waals surface area (Å²) in [7, 11) is 0. The summed E-state index contributed by atoms with van der Waals surface area (Å²) in [6, 6.07) is 11.5. The molecule has 0 saturated carbocycles. The lowest BCUT2D eigenvalue weighted by Crippen LogP contribution is -2.26. The van der Waals surface area contributed by atoms with Crippen LogP contribution >= 0.6 is 11.6 Å². The summed E-state index contributed by atoms with van der Waals surface area (Å²) in [5.74, 6) is -0.986. The molecule has 33 heavy (non-hydrogen) atoms. The van der Waals surface area contributed by atoms with Crippen LogP contribution in [-0.4, -0.2) is 28.5 Å². The molecule has 0 bridgehead atoms. The van der Waals surface area contributed by atoms with Gasteiger partial charge in [0.1, 0.15) is 6.61 Å². The summed E-state index contributed by atoms with van der Waals surface area (Å²) < 4.78 is 82.6. The molecule has 0 fully saturated rings. The van der Waals surface area contributed by atoms with Gasteiger partial charge in [0, 0.05) is 11.6 Å². The van der Waals surface area contributed by atoms with Crippen molar-refractivity contribution in [3.05, 3.63) is 82.1 Å². The number of nitrogens with zero attached hydrogens (tertiary/aromatic N) is 2. The van der Waals surface area contributed by atoms with Crippen molar-refractivity contribution in [2.45, 2.75) is 25.5 Å². The maximum Gasteiger partial charge on any atom is 0.434 e. The molecule has 0 aliphatic heterocycles. The summed E-state index contributed by atoms with van der Waals surface area (Å²) in [5.41, 5.74) is -0.817. The first-order valence-electron chi connectivity index (χ1n) is 9.36. The molecule has 0 aliphatic carbocycles. The van der Waals surface area contributed by atoms with Gasteiger partial charge in [0.05, 0.1) is 24.1 Å². The number of carbonyl (C=O) groups excluding carboxylic acids is 1. The molecule has 1 N–H and O–H groups in total. The second kappa shape index (κ2) is 9.84. The van der Waals surface area contributed by atoms with Crippen LogP contribution in [0.5, 0.6) is 0 Å². The molecule has 0 atom stereocenters. The Morgan fingerprint density at radius 2 is 1.58 bits per heavy atom. The van der Waals surface area contributed by atoms with Gasteiger partial charge < -0.3 is 10.1 Å². The Labute approximate surface area is 188 Å². The van der Waals surface area contributed by atoms with Gasteiger partial charge in [0.25, 0.3) is 5.91 Å². The Morgan fingerprint density at radius 1 is 0.970 bits per heavy atom. The summed E-state index contributed by atoms with van der Waals surface area (Å²) in [6.07, 6.45) is -8.46. The topological polar surface area (TPSA) is 56.1 Å². The van der Waals surface area contributed by atoms with E-state index in [1.165, 1.54) is 48.5 Å². The van der Waals surface area contributed by atoms with Crippen molar-refractivity contribution in [3.8, 4) is 5.69 Å². The van der Waals surface area contributed by atoms with Crippen molar-refractivity contribution in [2.24, 2.45) is 0 Å². The zero-order valence-corrected chi connectivity index (χ0v) is 17.4. The number of halogens is 7. The number of aromatic nitrogens is 2. The van der Waals surface area contributed by atoms with Crippen LogP contribution in [0.1, 0.15) is 27.2 Å². The van der Waals surface area contributed by atoms with Gasteiger partial charge in [-0.15, -0.1) is 0 Å². The number of benzene rings is 2. The lowest BCUT2D eigenvalue weighted by molar-refractivity contribution is -0.176. The molecule has 1 aromatic heterocycles.